The molecule has 1 atom stereocenters. The molecule has 5 nitrogen and oxygen atoms in total. The molecule has 0 bridgehead atoms. The fourth-order valence-corrected chi connectivity index (χ4v) is 4.95. The lowest BCUT2D eigenvalue weighted by Gasteiger charge is -2.23. The second-order valence-corrected chi connectivity index (χ2v) is 9.57. The van der Waals surface area contributed by atoms with Gasteiger partial charge in [-0.2, -0.15) is 0 Å². The van der Waals surface area contributed by atoms with Gasteiger partial charge in [-0.1, -0.05) is 48.5 Å². The number of H-pyrrole nitrogens is 1. The van der Waals surface area contributed by atoms with Gasteiger partial charge in [0.1, 0.15) is 12.4 Å². The number of fused-ring (bicyclic) bond motifs is 2. The van der Waals surface area contributed by atoms with Crippen molar-refractivity contribution in [1.29, 1.82) is 0 Å². The van der Waals surface area contributed by atoms with Crippen LogP contribution in [0.1, 0.15) is 29.3 Å². The lowest BCUT2D eigenvalue weighted by atomic mass is 10.0. The van der Waals surface area contributed by atoms with E-state index in [2.05, 4.69) is 41.5 Å². The number of anilines is 2. The zero-order chi connectivity index (χ0) is 25.2. The molecule has 37 heavy (non-hydrogen) atoms. The van der Waals surface area contributed by atoms with E-state index in [0.29, 0.717) is 24.5 Å². The average Bonchev–Trinajstić information content (AvgIpc) is 3.34. The molecule has 1 amide bonds. The van der Waals surface area contributed by atoms with Crippen molar-refractivity contribution >= 4 is 28.2 Å². The lowest BCUT2D eigenvalue weighted by Crippen LogP contribution is -2.32. The molecular weight excluding hydrogens is 458 g/mol. The molecule has 0 saturated heterocycles. The minimum atomic E-state index is -0.0273. The molecule has 0 aliphatic carbocycles. The first kappa shape index (κ1) is 22.9. The Morgan fingerprint density at radius 1 is 0.946 bits per heavy atom. The molecule has 2 heterocycles. The van der Waals surface area contributed by atoms with Gasteiger partial charge in [0.05, 0.1) is 11.4 Å². The summed E-state index contributed by atoms with van der Waals surface area (Å²) in [5.74, 6) is 0.666. The van der Waals surface area contributed by atoms with Crippen molar-refractivity contribution < 1.29 is 9.53 Å². The first-order valence-corrected chi connectivity index (χ1v) is 12.7. The van der Waals surface area contributed by atoms with Crippen LogP contribution in [0.3, 0.4) is 0 Å². The van der Waals surface area contributed by atoms with Gasteiger partial charge in [-0.05, 0) is 78.4 Å². The van der Waals surface area contributed by atoms with Crippen molar-refractivity contribution in [2.75, 3.05) is 16.8 Å². The van der Waals surface area contributed by atoms with Crippen LogP contribution in [0.4, 0.5) is 11.4 Å². The molecule has 5 aromatic rings. The number of aromatic amines is 1. The summed E-state index contributed by atoms with van der Waals surface area (Å²) in [6.07, 6.45) is 2.81. The van der Waals surface area contributed by atoms with E-state index in [1.807, 2.05) is 83.9 Å². The number of ether oxygens (including phenoxy) is 1. The van der Waals surface area contributed by atoms with Gasteiger partial charge in [-0.3, -0.25) is 4.79 Å². The number of nitrogens with zero attached hydrogens (tertiary/aromatic N) is 1. The summed E-state index contributed by atoms with van der Waals surface area (Å²) >= 11 is 0. The highest BCUT2D eigenvalue weighted by molar-refractivity contribution is 6.08. The SMILES string of the molecule is C[C@@H]1CCN(C(=O)c2ccc(-c3ccc4[nH]ccc4c3)c(OCc3ccccc3)c2)c2ccccc2N1. The molecule has 184 valence electrons. The standard InChI is InChI=1S/C32H29N3O2/c1-22-16-18-35(30-10-6-5-9-29(30)34-22)32(36)26-11-13-27(24-12-14-28-25(19-24)15-17-33-28)31(20-26)37-21-23-7-3-2-4-8-23/h2-15,17,19-20,22,33-34H,16,18,21H2,1H3/t22-/m1/s1. The van der Waals surface area contributed by atoms with E-state index in [-0.39, 0.29) is 11.9 Å². The summed E-state index contributed by atoms with van der Waals surface area (Å²) in [7, 11) is 0. The molecule has 1 aliphatic rings. The second kappa shape index (κ2) is 9.86. The summed E-state index contributed by atoms with van der Waals surface area (Å²) in [6, 6.07) is 32.6. The Labute approximate surface area is 216 Å². The first-order valence-electron chi connectivity index (χ1n) is 12.7. The second-order valence-electron chi connectivity index (χ2n) is 9.57. The predicted molar refractivity (Wildman–Crippen MR) is 150 cm³/mol. The fourth-order valence-electron chi connectivity index (χ4n) is 4.95. The third kappa shape index (κ3) is 4.68. The van der Waals surface area contributed by atoms with Gasteiger partial charge in [0.25, 0.3) is 5.91 Å². The summed E-state index contributed by atoms with van der Waals surface area (Å²) in [4.78, 5) is 19.0. The summed E-state index contributed by atoms with van der Waals surface area (Å²) in [5.41, 5.74) is 6.68. The quantitative estimate of drug-likeness (QED) is 0.274. The maximum atomic E-state index is 13.9. The number of hydrogen-bond donors (Lipinski definition) is 2. The average molecular weight is 488 g/mol. The van der Waals surface area contributed by atoms with Crippen molar-refractivity contribution in [2.24, 2.45) is 0 Å². The van der Waals surface area contributed by atoms with E-state index in [9.17, 15) is 4.79 Å². The topological polar surface area (TPSA) is 57.4 Å². The Morgan fingerprint density at radius 2 is 1.78 bits per heavy atom. The van der Waals surface area contributed by atoms with Gasteiger partial charge in [0, 0.05) is 35.4 Å². The number of aromatic nitrogens is 1. The molecular formula is C32H29N3O2. The van der Waals surface area contributed by atoms with Gasteiger partial charge < -0.3 is 19.9 Å². The highest BCUT2D eigenvalue weighted by Crippen LogP contribution is 2.36. The van der Waals surface area contributed by atoms with Crippen molar-refractivity contribution in [3.63, 3.8) is 0 Å². The highest BCUT2D eigenvalue weighted by atomic mass is 16.5. The van der Waals surface area contributed by atoms with E-state index in [4.69, 9.17) is 4.74 Å². The molecule has 1 aliphatic heterocycles. The van der Waals surface area contributed by atoms with E-state index in [0.717, 1.165) is 45.4 Å². The molecule has 0 radical (unpaired) electrons. The first-order chi connectivity index (χ1) is 18.2. The summed E-state index contributed by atoms with van der Waals surface area (Å²) in [6.45, 7) is 3.22. The van der Waals surface area contributed by atoms with Crippen LogP contribution in [0.2, 0.25) is 0 Å². The van der Waals surface area contributed by atoms with Gasteiger partial charge in [0.15, 0.2) is 0 Å². The maximum Gasteiger partial charge on any atom is 0.258 e. The Morgan fingerprint density at radius 3 is 2.68 bits per heavy atom. The largest absolute Gasteiger partial charge is 0.488 e. The van der Waals surface area contributed by atoms with E-state index in [1.165, 1.54) is 0 Å². The zero-order valence-corrected chi connectivity index (χ0v) is 20.8. The van der Waals surface area contributed by atoms with Crippen LogP contribution in [-0.4, -0.2) is 23.5 Å². The number of hydrogen-bond acceptors (Lipinski definition) is 3. The summed E-state index contributed by atoms with van der Waals surface area (Å²) < 4.78 is 6.37. The number of rotatable bonds is 5. The van der Waals surface area contributed by atoms with Crippen molar-refractivity contribution in [2.45, 2.75) is 26.0 Å². The third-order valence-electron chi connectivity index (χ3n) is 6.96. The van der Waals surface area contributed by atoms with E-state index < -0.39 is 0 Å². The molecule has 0 fully saturated rings. The molecule has 6 rings (SSSR count). The van der Waals surface area contributed by atoms with Crippen LogP contribution in [0.25, 0.3) is 22.0 Å². The Bertz CT molecular complexity index is 1560. The van der Waals surface area contributed by atoms with Gasteiger partial charge in [0.2, 0.25) is 0 Å². The van der Waals surface area contributed by atoms with Crippen LogP contribution < -0.4 is 15.0 Å². The van der Waals surface area contributed by atoms with Crippen molar-refractivity contribution in [3.8, 4) is 16.9 Å². The highest BCUT2D eigenvalue weighted by Gasteiger charge is 2.25. The number of para-hydroxylation sites is 2. The zero-order valence-electron chi connectivity index (χ0n) is 20.8. The molecule has 4 aromatic carbocycles. The van der Waals surface area contributed by atoms with Crippen LogP contribution >= 0.6 is 0 Å². The molecule has 0 spiro atoms. The minimum Gasteiger partial charge on any atom is -0.488 e. The van der Waals surface area contributed by atoms with Crippen molar-refractivity contribution in [3.05, 3.63) is 114 Å². The third-order valence-corrected chi connectivity index (χ3v) is 6.96. The summed E-state index contributed by atoms with van der Waals surface area (Å²) in [5, 5.41) is 4.66. The minimum absolute atomic E-state index is 0.0273. The number of benzene rings is 4. The van der Waals surface area contributed by atoms with Gasteiger partial charge >= 0.3 is 0 Å². The monoisotopic (exact) mass is 487 g/mol. The Balaban J connectivity index is 1.38. The van der Waals surface area contributed by atoms with E-state index >= 15 is 0 Å². The number of carbonyl (C=O) groups excluding carboxylic acids is 1. The normalized spacial score (nSPS) is 15.1. The number of nitrogens with one attached hydrogen (secondary N) is 2. The maximum absolute atomic E-state index is 13.9. The van der Waals surface area contributed by atoms with Crippen LogP contribution in [0.5, 0.6) is 5.75 Å². The number of carbonyl (C=O) groups is 1. The van der Waals surface area contributed by atoms with E-state index in [1.54, 1.807) is 0 Å². The number of amides is 1. The smallest absolute Gasteiger partial charge is 0.258 e. The van der Waals surface area contributed by atoms with Gasteiger partial charge in [-0.15, -0.1) is 0 Å². The Kier molecular flexibility index (Phi) is 6.11. The Hall–Kier alpha value is -4.51. The van der Waals surface area contributed by atoms with Crippen molar-refractivity contribution in [1.82, 2.24) is 4.98 Å². The van der Waals surface area contributed by atoms with Crippen LogP contribution in [-0.2, 0) is 6.61 Å². The lowest BCUT2D eigenvalue weighted by molar-refractivity contribution is 0.0986. The van der Waals surface area contributed by atoms with Gasteiger partial charge in [-0.25, -0.2) is 0 Å². The molecule has 5 heteroatoms. The molecule has 0 saturated carbocycles. The molecule has 1 aromatic heterocycles. The predicted octanol–water partition coefficient (Wildman–Crippen LogP) is 7.26. The van der Waals surface area contributed by atoms with Crippen LogP contribution in [0, 0.1) is 0 Å². The van der Waals surface area contributed by atoms with Crippen LogP contribution in [0.15, 0.2) is 103 Å². The molecule has 0 unspecified atom stereocenters. The molecule has 2 N–H and O–H groups in total. The fraction of sp³-hybridized carbons (Fsp3) is 0.156.